The van der Waals surface area contributed by atoms with Crippen molar-refractivity contribution in [2.24, 2.45) is 5.92 Å². The van der Waals surface area contributed by atoms with Crippen LogP contribution in [0.5, 0.6) is 0 Å². The number of benzene rings is 1. The van der Waals surface area contributed by atoms with E-state index in [1.807, 2.05) is 0 Å². The minimum absolute atomic E-state index is 0.323. The summed E-state index contributed by atoms with van der Waals surface area (Å²) in [7, 11) is 0. The average Bonchev–Trinajstić information content (AvgIpc) is 3.16. The maximum atomic E-state index is 13.2. The topological polar surface area (TPSA) is 38.1 Å². The zero-order chi connectivity index (χ0) is 21.8. The van der Waals surface area contributed by atoms with Gasteiger partial charge >= 0.3 is 0 Å². The first-order chi connectivity index (χ1) is 15.1. The third-order valence-electron chi connectivity index (χ3n) is 7.95. The fraction of sp³-hybridized carbons (Fsp3) is 0.704. The summed E-state index contributed by atoms with van der Waals surface area (Å²) in [6.45, 7) is 8.18. The number of hydrogen-bond acceptors (Lipinski definition) is 2. The highest BCUT2D eigenvalue weighted by molar-refractivity contribution is 5.79. The first-order valence-corrected chi connectivity index (χ1v) is 12.9. The standard InChI is InChI=1S/C27H41N3O/c1-4-21-12-14-22(15-13-21)27-28-24-19-20(3)11-16-25(24)30(27)18-17-26(31)29(5-2)23-9-7-6-8-10-23/h11,16,19,21-23H,4-10,12-15,17-18H2,1-3H3/t21-,22-. The van der Waals surface area contributed by atoms with Crippen molar-refractivity contribution in [3.63, 3.8) is 0 Å². The fourth-order valence-electron chi connectivity index (χ4n) is 6.02. The number of aromatic nitrogens is 2. The summed E-state index contributed by atoms with van der Waals surface area (Å²) >= 11 is 0. The molecule has 0 spiro atoms. The monoisotopic (exact) mass is 423 g/mol. The van der Waals surface area contributed by atoms with Gasteiger partial charge in [-0.25, -0.2) is 4.98 Å². The SMILES string of the molecule is CCN(C(=O)CCn1c2ccc(C)cc2nc1[C@H]1CC[C@H](CC)CC1)C1CCCCC1. The van der Waals surface area contributed by atoms with E-state index in [0.717, 1.165) is 24.5 Å². The van der Waals surface area contributed by atoms with E-state index < -0.39 is 0 Å². The molecule has 0 N–H and O–H groups in total. The van der Waals surface area contributed by atoms with Crippen LogP contribution in [0.3, 0.4) is 0 Å². The van der Waals surface area contributed by atoms with E-state index in [0.29, 0.717) is 24.3 Å². The Morgan fingerprint density at radius 3 is 2.48 bits per heavy atom. The number of aryl methyl sites for hydroxylation is 2. The summed E-state index contributed by atoms with van der Waals surface area (Å²) in [6.07, 6.45) is 13.2. The van der Waals surface area contributed by atoms with Gasteiger partial charge in [0.25, 0.3) is 0 Å². The number of amides is 1. The Labute approximate surface area is 188 Å². The Hall–Kier alpha value is -1.84. The van der Waals surface area contributed by atoms with Crippen LogP contribution in [0.4, 0.5) is 0 Å². The van der Waals surface area contributed by atoms with Gasteiger partial charge in [0.2, 0.25) is 5.91 Å². The van der Waals surface area contributed by atoms with E-state index in [-0.39, 0.29) is 0 Å². The average molecular weight is 424 g/mol. The Morgan fingerprint density at radius 2 is 1.81 bits per heavy atom. The Balaban J connectivity index is 1.53. The van der Waals surface area contributed by atoms with E-state index >= 15 is 0 Å². The highest BCUT2D eigenvalue weighted by Gasteiger charge is 2.28. The third-order valence-corrected chi connectivity index (χ3v) is 7.95. The van der Waals surface area contributed by atoms with Crippen LogP contribution in [-0.2, 0) is 11.3 Å². The maximum Gasteiger partial charge on any atom is 0.224 e. The van der Waals surface area contributed by atoms with Gasteiger partial charge in [-0.1, -0.05) is 38.7 Å². The summed E-state index contributed by atoms with van der Waals surface area (Å²) in [5, 5.41) is 0. The summed E-state index contributed by atoms with van der Waals surface area (Å²) in [4.78, 5) is 20.5. The highest BCUT2D eigenvalue weighted by Crippen LogP contribution is 2.38. The number of rotatable bonds is 7. The molecule has 2 aliphatic carbocycles. The van der Waals surface area contributed by atoms with Crippen LogP contribution in [-0.4, -0.2) is 32.9 Å². The van der Waals surface area contributed by atoms with Gasteiger partial charge in [-0.15, -0.1) is 0 Å². The van der Waals surface area contributed by atoms with Crippen LogP contribution in [0.2, 0.25) is 0 Å². The lowest BCUT2D eigenvalue weighted by molar-refractivity contribution is -0.134. The lowest BCUT2D eigenvalue weighted by Crippen LogP contribution is -2.41. The molecule has 0 radical (unpaired) electrons. The van der Waals surface area contributed by atoms with Crippen molar-refractivity contribution in [1.29, 1.82) is 0 Å². The van der Waals surface area contributed by atoms with Crippen molar-refractivity contribution in [3.05, 3.63) is 29.6 Å². The second-order valence-electron chi connectivity index (χ2n) is 9.96. The van der Waals surface area contributed by atoms with Crippen molar-refractivity contribution in [2.45, 2.75) is 110 Å². The van der Waals surface area contributed by atoms with Gasteiger partial charge in [0.05, 0.1) is 11.0 Å². The van der Waals surface area contributed by atoms with E-state index in [1.165, 1.54) is 81.1 Å². The van der Waals surface area contributed by atoms with E-state index in [1.54, 1.807) is 0 Å². The first-order valence-electron chi connectivity index (χ1n) is 12.9. The fourth-order valence-corrected chi connectivity index (χ4v) is 6.02. The lowest BCUT2D eigenvalue weighted by Gasteiger charge is -2.34. The molecular formula is C27H41N3O. The third kappa shape index (κ3) is 4.99. The van der Waals surface area contributed by atoms with E-state index in [4.69, 9.17) is 4.98 Å². The van der Waals surface area contributed by atoms with E-state index in [2.05, 4.69) is 48.4 Å². The zero-order valence-corrected chi connectivity index (χ0v) is 19.9. The molecule has 2 saturated carbocycles. The highest BCUT2D eigenvalue weighted by atomic mass is 16.2. The molecule has 170 valence electrons. The van der Waals surface area contributed by atoms with Gasteiger partial charge in [-0.2, -0.15) is 0 Å². The molecule has 4 heteroatoms. The van der Waals surface area contributed by atoms with Crippen LogP contribution in [0.25, 0.3) is 11.0 Å². The second-order valence-corrected chi connectivity index (χ2v) is 9.96. The minimum Gasteiger partial charge on any atom is -0.340 e. The maximum absolute atomic E-state index is 13.2. The van der Waals surface area contributed by atoms with Gasteiger partial charge < -0.3 is 9.47 Å². The van der Waals surface area contributed by atoms with Gasteiger partial charge in [-0.3, -0.25) is 4.79 Å². The molecule has 4 nitrogen and oxygen atoms in total. The van der Waals surface area contributed by atoms with Gasteiger partial charge in [-0.05, 0) is 76.0 Å². The normalized spacial score (nSPS) is 22.7. The number of carbonyl (C=O) groups is 1. The number of nitrogens with zero attached hydrogens (tertiary/aromatic N) is 3. The van der Waals surface area contributed by atoms with Crippen LogP contribution in [0, 0.1) is 12.8 Å². The molecule has 31 heavy (non-hydrogen) atoms. The van der Waals surface area contributed by atoms with Crippen molar-refractivity contribution in [1.82, 2.24) is 14.5 Å². The molecule has 1 heterocycles. The van der Waals surface area contributed by atoms with Crippen molar-refractivity contribution >= 4 is 16.9 Å². The molecule has 0 aliphatic heterocycles. The molecule has 0 saturated heterocycles. The zero-order valence-electron chi connectivity index (χ0n) is 19.9. The molecule has 4 rings (SSSR count). The number of carbonyl (C=O) groups excluding carboxylic acids is 1. The van der Waals surface area contributed by atoms with Crippen LogP contribution < -0.4 is 0 Å². The lowest BCUT2D eigenvalue weighted by atomic mass is 9.80. The van der Waals surface area contributed by atoms with Crippen molar-refractivity contribution < 1.29 is 4.79 Å². The molecule has 2 aliphatic rings. The number of hydrogen-bond donors (Lipinski definition) is 0. The second kappa shape index (κ2) is 10.2. The molecule has 2 fully saturated rings. The van der Waals surface area contributed by atoms with Crippen molar-refractivity contribution in [3.8, 4) is 0 Å². The summed E-state index contributed by atoms with van der Waals surface area (Å²) in [5.74, 6) is 2.96. The quantitative estimate of drug-likeness (QED) is 0.503. The van der Waals surface area contributed by atoms with Gasteiger partial charge in [0.15, 0.2) is 0 Å². The minimum atomic E-state index is 0.323. The Morgan fingerprint density at radius 1 is 1.06 bits per heavy atom. The molecule has 1 aromatic carbocycles. The molecule has 0 bridgehead atoms. The molecule has 0 atom stereocenters. The Bertz CT molecular complexity index is 872. The first kappa shape index (κ1) is 22.4. The van der Waals surface area contributed by atoms with Gasteiger partial charge in [0.1, 0.15) is 5.82 Å². The predicted molar refractivity (Wildman–Crippen MR) is 128 cm³/mol. The van der Waals surface area contributed by atoms with Crippen molar-refractivity contribution in [2.75, 3.05) is 6.54 Å². The summed E-state index contributed by atoms with van der Waals surface area (Å²) in [5.41, 5.74) is 3.55. The largest absolute Gasteiger partial charge is 0.340 e. The smallest absolute Gasteiger partial charge is 0.224 e. The van der Waals surface area contributed by atoms with E-state index in [9.17, 15) is 4.79 Å². The molecule has 1 amide bonds. The molecule has 2 aromatic rings. The van der Waals surface area contributed by atoms with Gasteiger partial charge in [0, 0.05) is 31.5 Å². The molecule has 0 unspecified atom stereocenters. The molecular weight excluding hydrogens is 382 g/mol. The van der Waals surface area contributed by atoms with Crippen LogP contribution >= 0.6 is 0 Å². The predicted octanol–water partition coefficient (Wildman–Crippen LogP) is 6.60. The number of imidazole rings is 1. The Kier molecular flexibility index (Phi) is 7.35. The number of fused-ring (bicyclic) bond motifs is 1. The molecule has 1 aromatic heterocycles. The van der Waals surface area contributed by atoms with Crippen LogP contribution in [0.1, 0.15) is 102 Å². The van der Waals surface area contributed by atoms with Crippen LogP contribution in [0.15, 0.2) is 18.2 Å². The summed E-state index contributed by atoms with van der Waals surface area (Å²) in [6, 6.07) is 7.05. The summed E-state index contributed by atoms with van der Waals surface area (Å²) < 4.78 is 2.39.